The van der Waals surface area contributed by atoms with E-state index in [1.807, 2.05) is 30.3 Å². The normalized spacial score (nSPS) is 14.5. The molecular weight excluding hydrogens is 298 g/mol. The summed E-state index contributed by atoms with van der Waals surface area (Å²) < 4.78 is 0. The second kappa shape index (κ2) is 7.97. The zero-order valence-corrected chi connectivity index (χ0v) is 14.0. The quantitative estimate of drug-likeness (QED) is 0.889. The van der Waals surface area contributed by atoms with Crippen LogP contribution in [0.25, 0.3) is 0 Å². The Kier molecular flexibility index (Phi) is 5.49. The number of nitrogens with zero attached hydrogens (tertiary/aromatic N) is 1. The van der Waals surface area contributed by atoms with Gasteiger partial charge in [0, 0.05) is 37.4 Å². The molecule has 1 aliphatic rings. The number of nitrogens with two attached hydrogens (primary N) is 1. The minimum atomic E-state index is -0.0491. The average Bonchev–Trinajstić information content (AvgIpc) is 2.67. The first-order valence-corrected chi connectivity index (χ1v) is 8.68. The van der Waals surface area contributed by atoms with Crippen molar-refractivity contribution < 1.29 is 4.79 Å². The van der Waals surface area contributed by atoms with Gasteiger partial charge in [0.05, 0.1) is 0 Å². The number of carbonyl (C=O) groups is 1. The molecular formula is C20H25N3O. The molecule has 0 atom stereocenters. The Bertz CT molecular complexity index is 676. The molecule has 2 aromatic rings. The number of amides is 1. The summed E-state index contributed by atoms with van der Waals surface area (Å²) >= 11 is 0. The molecule has 1 fully saturated rings. The maximum absolute atomic E-state index is 12.3. The lowest BCUT2D eigenvalue weighted by Crippen LogP contribution is -2.31. The number of benzene rings is 2. The van der Waals surface area contributed by atoms with E-state index in [-0.39, 0.29) is 5.91 Å². The highest BCUT2D eigenvalue weighted by molar-refractivity contribution is 5.94. The SMILES string of the molecule is NCc1ccc(C(=O)NCc2ccccc2N2CCCCC2)cc1. The van der Waals surface area contributed by atoms with E-state index in [2.05, 4.69) is 28.4 Å². The summed E-state index contributed by atoms with van der Waals surface area (Å²) in [6.07, 6.45) is 3.80. The highest BCUT2D eigenvalue weighted by atomic mass is 16.1. The number of hydrogen-bond donors (Lipinski definition) is 2. The summed E-state index contributed by atoms with van der Waals surface area (Å²) in [6, 6.07) is 15.8. The first-order chi connectivity index (χ1) is 11.8. The summed E-state index contributed by atoms with van der Waals surface area (Å²) in [6.45, 7) is 3.24. The Morgan fingerprint density at radius 3 is 2.42 bits per heavy atom. The third-order valence-electron chi connectivity index (χ3n) is 4.58. The Hall–Kier alpha value is -2.33. The number of hydrogen-bond acceptors (Lipinski definition) is 3. The number of piperidine rings is 1. The van der Waals surface area contributed by atoms with E-state index in [0.29, 0.717) is 18.7 Å². The van der Waals surface area contributed by atoms with Crippen molar-refractivity contribution in [3.05, 3.63) is 65.2 Å². The van der Waals surface area contributed by atoms with Crippen LogP contribution in [0.4, 0.5) is 5.69 Å². The van der Waals surface area contributed by atoms with Crippen molar-refractivity contribution in [3.63, 3.8) is 0 Å². The number of carbonyl (C=O) groups excluding carboxylic acids is 1. The van der Waals surface area contributed by atoms with Gasteiger partial charge in [-0.2, -0.15) is 0 Å². The van der Waals surface area contributed by atoms with Crippen molar-refractivity contribution in [2.45, 2.75) is 32.4 Å². The minimum absolute atomic E-state index is 0.0491. The molecule has 1 saturated heterocycles. The first kappa shape index (κ1) is 16.5. The monoisotopic (exact) mass is 323 g/mol. The molecule has 0 aliphatic carbocycles. The van der Waals surface area contributed by atoms with Gasteiger partial charge in [-0.05, 0) is 48.6 Å². The van der Waals surface area contributed by atoms with Gasteiger partial charge in [0.2, 0.25) is 0 Å². The molecule has 0 spiro atoms. The van der Waals surface area contributed by atoms with Crippen molar-refractivity contribution in [1.82, 2.24) is 5.32 Å². The standard InChI is InChI=1S/C20H25N3O/c21-14-16-8-10-17(11-9-16)20(24)22-15-18-6-2-3-7-19(18)23-12-4-1-5-13-23/h2-3,6-11H,1,4-5,12-15,21H2,(H,22,24). The van der Waals surface area contributed by atoms with Gasteiger partial charge < -0.3 is 16.0 Å². The van der Waals surface area contributed by atoms with Gasteiger partial charge in [0.15, 0.2) is 0 Å². The molecule has 1 aliphatic heterocycles. The topological polar surface area (TPSA) is 58.4 Å². The van der Waals surface area contributed by atoms with E-state index < -0.39 is 0 Å². The Balaban J connectivity index is 1.66. The number of anilines is 1. The lowest BCUT2D eigenvalue weighted by molar-refractivity contribution is 0.0951. The number of para-hydroxylation sites is 1. The van der Waals surface area contributed by atoms with Crippen LogP contribution in [0.5, 0.6) is 0 Å². The van der Waals surface area contributed by atoms with Crippen LogP contribution < -0.4 is 16.0 Å². The van der Waals surface area contributed by atoms with Crippen molar-refractivity contribution in [1.29, 1.82) is 0 Å². The van der Waals surface area contributed by atoms with Crippen LogP contribution in [0.3, 0.4) is 0 Å². The van der Waals surface area contributed by atoms with Crippen LogP contribution >= 0.6 is 0 Å². The van der Waals surface area contributed by atoms with Crippen LogP contribution in [-0.4, -0.2) is 19.0 Å². The Morgan fingerprint density at radius 1 is 1.00 bits per heavy atom. The fourth-order valence-electron chi connectivity index (χ4n) is 3.17. The van der Waals surface area contributed by atoms with Crippen LogP contribution in [0.1, 0.15) is 40.7 Å². The maximum Gasteiger partial charge on any atom is 0.251 e. The van der Waals surface area contributed by atoms with Crippen molar-refractivity contribution in [2.24, 2.45) is 5.73 Å². The molecule has 24 heavy (non-hydrogen) atoms. The molecule has 126 valence electrons. The van der Waals surface area contributed by atoms with E-state index in [1.165, 1.54) is 30.5 Å². The predicted molar refractivity (Wildman–Crippen MR) is 98.0 cm³/mol. The highest BCUT2D eigenvalue weighted by Crippen LogP contribution is 2.24. The van der Waals surface area contributed by atoms with Gasteiger partial charge in [0.25, 0.3) is 5.91 Å². The molecule has 0 unspecified atom stereocenters. The van der Waals surface area contributed by atoms with Gasteiger partial charge in [0.1, 0.15) is 0 Å². The van der Waals surface area contributed by atoms with Gasteiger partial charge in [-0.1, -0.05) is 30.3 Å². The fraction of sp³-hybridized carbons (Fsp3) is 0.350. The van der Waals surface area contributed by atoms with Crippen LogP contribution in [-0.2, 0) is 13.1 Å². The smallest absolute Gasteiger partial charge is 0.251 e. The number of rotatable bonds is 5. The zero-order valence-electron chi connectivity index (χ0n) is 14.0. The summed E-state index contributed by atoms with van der Waals surface area (Å²) in [5, 5.41) is 3.04. The molecule has 0 saturated carbocycles. The molecule has 4 heteroatoms. The molecule has 1 heterocycles. The fourth-order valence-corrected chi connectivity index (χ4v) is 3.17. The van der Waals surface area contributed by atoms with E-state index in [4.69, 9.17) is 5.73 Å². The van der Waals surface area contributed by atoms with Crippen LogP contribution in [0, 0.1) is 0 Å². The molecule has 2 aromatic carbocycles. The van der Waals surface area contributed by atoms with E-state index >= 15 is 0 Å². The molecule has 4 nitrogen and oxygen atoms in total. The first-order valence-electron chi connectivity index (χ1n) is 8.68. The molecule has 1 amide bonds. The lowest BCUT2D eigenvalue weighted by atomic mass is 10.1. The lowest BCUT2D eigenvalue weighted by Gasteiger charge is -2.30. The highest BCUT2D eigenvalue weighted by Gasteiger charge is 2.14. The molecule has 3 N–H and O–H groups in total. The van der Waals surface area contributed by atoms with Crippen molar-refractivity contribution in [2.75, 3.05) is 18.0 Å². The summed E-state index contributed by atoms with van der Waals surface area (Å²) in [5.74, 6) is -0.0491. The summed E-state index contributed by atoms with van der Waals surface area (Å²) in [7, 11) is 0. The van der Waals surface area contributed by atoms with Crippen LogP contribution in [0.15, 0.2) is 48.5 Å². The molecule has 0 radical (unpaired) electrons. The van der Waals surface area contributed by atoms with Crippen molar-refractivity contribution >= 4 is 11.6 Å². The van der Waals surface area contributed by atoms with E-state index in [0.717, 1.165) is 18.7 Å². The minimum Gasteiger partial charge on any atom is -0.371 e. The predicted octanol–water partition coefficient (Wildman–Crippen LogP) is 3.07. The van der Waals surface area contributed by atoms with Gasteiger partial charge >= 0.3 is 0 Å². The van der Waals surface area contributed by atoms with Gasteiger partial charge in [-0.3, -0.25) is 4.79 Å². The molecule has 0 bridgehead atoms. The summed E-state index contributed by atoms with van der Waals surface area (Å²) in [5.41, 5.74) is 9.71. The Morgan fingerprint density at radius 2 is 1.71 bits per heavy atom. The second-order valence-electron chi connectivity index (χ2n) is 6.26. The summed E-state index contributed by atoms with van der Waals surface area (Å²) in [4.78, 5) is 14.8. The maximum atomic E-state index is 12.3. The zero-order chi connectivity index (χ0) is 16.8. The average molecular weight is 323 g/mol. The largest absolute Gasteiger partial charge is 0.371 e. The Labute approximate surface area is 143 Å². The third kappa shape index (κ3) is 3.95. The van der Waals surface area contributed by atoms with Gasteiger partial charge in [-0.15, -0.1) is 0 Å². The van der Waals surface area contributed by atoms with E-state index in [9.17, 15) is 4.79 Å². The van der Waals surface area contributed by atoms with Crippen molar-refractivity contribution in [3.8, 4) is 0 Å². The molecule has 0 aromatic heterocycles. The second-order valence-corrected chi connectivity index (χ2v) is 6.26. The van der Waals surface area contributed by atoms with Gasteiger partial charge in [-0.25, -0.2) is 0 Å². The van der Waals surface area contributed by atoms with Crippen LogP contribution in [0.2, 0.25) is 0 Å². The van der Waals surface area contributed by atoms with E-state index in [1.54, 1.807) is 0 Å². The molecule has 3 rings (SSSR count). The number of nitrogens with one attached hydrogen (secondary N) is 1. The third-order valence-corrected chi connectivity index (χ3v) is 4.58.